The van der Waals surface area contributed by atoms with Gasteiger partial charge in [0.05, 0.1) is 20.3 Å². The van der Waals surface area contributed by atoms with Crippen LogP contribution >= 0.6 is 35.3 Å². The second kappa shape index (κ2) is 13.0. The van der Waals surface area contributed by atoms with E-state index in [4.69, 9.17) is 9.47 Å². The number of hydrogen-bond acceptors (Lipinski definition) is 4. The van der Waals surface area contributed by atoms with E-state index in [1.807, 2.05) is 35.6 Å². The Labute approximate surface area is 183 Å². The fourth-order valence-electron chi connectivity index (χ4n) is 2.57. The molecule has 1 atom stereocenters. The van der Waals surface area contributed by atoms with E-state index in [0.29, 0.717) is 25.8 Å². The fourth-order valence-corrected chi connectivity index (χ4v) is 3.59. The molecular formula is C20H30IN3O2S. The summed E-state index contributed by atoms with van der Waals surface area (Å²) in [6, 6.07) is 12.6. The maximum atomic E-state index is 5.72. The van der Waals surface area contributed by atoms with Crippen molar-refractivity contribution in [2.24, 2.45) is 4.99 Å². The molecule has 27 heavy (non-hydrogen) atoms. The lowest BCUT2D eigenvalue weighted by Gasteiger charge is -2.17. The number of nitrogens with one attached hydrogen (secondary N) is 2. The van der Waals surface area contributed by atoms with Gasteiger partial charge in [-0.1, -0.05) is 12.1 Å². The Kier molecular flexibility index (Phi) is 11.4. The lowest BCUT2D eigenvalue weighted by molar-refractivity contribution is 0.125. The molecule has 0 saturated carbocycles. The molecule has 0 bridgehead atoms. The van der Waals surface area contributed by atoms with Gasteiger partial charge in [-0.2, -0.15) is 0 Å². The number of ether oxygens (including phenoxy) is 2. The number of aliphatic imine (C=N–C) groups is 1. The number of thiophene rings is 1. The van der Waals surface area contributed by atoms with Crippen LogP contribution in [-0.2, 0) is 17.8 Å². The van der Waals surface area contributed by atoms with Crippen molar-refractivity contribution < 1.29 is 9.47 Å². The molecule has 2 aromatic rings. The van der Waals surface area contributed by atoms with Gasteiger partial charge in [0.25, 0.3) is 0 Å². The SMILES string of the molecule is CN=C(NCCOCc1cccc(OC)c1)NC(C)Cc1ccc(C)s1.I. The third kappa shape index (κ3) is 8.94. The Hall–Kier alpha value is -1.32. The number of nitrogens with zero attached hydrogens (tertiary/aromatic N) is 1. The van der Waals surface area contributed by atoms with Crippen LogP contribution < -0.4 is 15.4 Å². The zero-order valence-corrected chi connectivity index (χ0v) is 19.6. The van der Waals surface area contributed by atoms with E-state index >= 15 is 0 Å². The van der Waals surface area contributed by atoms with E-state index in [-0.39, 0.29) is 24.0 Å². The zero-order valence-electron chi connectivity index (χ0n) is 16.5. The van der Waals surface area contributed by atoms with E-state index < -0.39 is 0 Å². The normalized spacial score (nSPS) is 12.2. The highest BCUT2D eigenvalue weighted by molar-refractivity contribution is 14.0. The van der Waals surface area contributed by atoms with Crippen LogP contribution in [0.25, 0.3) is 0 Å². The molecule has 7 heteroatoms. The average Bonchev–Trinajstić information content (AvgIpc) is 3.05. The van der Waals surface area contributed by atoms with Crippen molar-refractivity contribution in [3.63, 3.8) is 0 Å². The van der Waals surface area contributed by atoms with Gasteiger partial charge in [-0.3, -0.25) is 4.99 Å². The molecule has 0 aliphatic rings. The standard InChI is InChI=1S/C20H29N3O2S.HI/c1-15(12-19-9-8-16(2)26-19)23-20(21-3)22-10-11-25-14-17-6-5-7-18(13-17)24-4;/h5-9,13,15H,10-12,14H2,1-4H3,(H2,21,22,23);1H. The van der Waals surface area contributed by atoms with Crippen molar-refractivity contribution in [3.05, 3.63) is 51.7 Å². The lowest BCUT2D eigenvalue weighted by Crippen LogP contribution is -2.44. The van der Waals surface area contributed by atoms with Crippen molar-refractivity contribution in [1.82, 2.24) is 10.6 Å². The van der Waals surface area contributed by atoms with Gasteiger partial charge in [0.15, 0.2) is 5.96 Å². The van der Waals surface area contributed by atoms with Crippen molar-refractivity contribution in [1.29, 1.82) is 0 Å². The van der Waals surface area contributed by atoms with Crippen molar-refractivity contribution in [2.45, 2.75) is 32.9 Å². The molecule has 0 fully saturated rings. The summed E-state index contributed by atoms with van der Waals surface area (Å²) in [6.45, 7) is 6.18. The predicted octanol–water partition coefficient (Wildman–Crippen LogP) is 4.00. The smallest absolute Gasteiger partial charge is 0.191 e. The summed E-state index contributed by atoms with van der Waals surface area (Å²) < 4.78 is 10.9. The van der Waals surface area contributed by atoms with E-state index in [2.05, 4.69) is 41.6 Å². The van der Waals surface area contributed by atoms with E-state index in [1.54, 1.807) is 14.2 Å². The molecule has 0 amide bonds. The Balaban J connectivity index is 0.00000364. The van der Waals surface area contributed by atoms with Crippen molar-refractivity contribution >= 4 is 41.3 Å². The molecular weight excluding hydrogens is 473 g/mol. The summed E-state index contributed by atoms with van der Waals surface area (Å²) in [5.74, 6) is 1.65. The van der Waals surface area contributed by atoms with Gasteiger partial charge in [0, 0.05) is 35.8 Å². The van der Waals surface area contributed by atoms with E-state index in [9.17, 15) is 0 Å². The first kappa shape index (κ1) is 23.7. The van der Waals surface area contributed by atoms with Gasteiger partial charge in [-0.25, -0.2) is 0 Å². The minimum atomic E-state index is 0. The van der Waals surface area contributed by atoms with E-state index in [0.717, 1.165) is 23.7 Å². The quantitative estimate of drug-likeness (QED) is 0.235. The van der Waals surface area contributed by atoms with Crippen molar-refractivity contribution in [3.8, 4) is 5.75 Å². The van der Waals surface area contributed by atoms with Crippen LogP contribution in [-0.4, -0.2) is 39.3 Å². The van der Waals surface area contributed by atoms with Crippen LogP contribution in [0, 0.1) is 6.92 Å². The molecule has 0 aliphatic heterocycles. The number of benzene rings is 1. The molecule has 1 aromatic heterocycles. The highest BCUT2D eigenvalue weighted by atomic mass is 127. The Morgan fingerprint density at radius 2 is 2.07 bits per heavy atom. The van der Waals surface area contributed by atoms with Crippen LogP contribution in [0.5, 0.6) is 5.75 Å². The molecule has 5 nitrogen and oxygen atoms in total. The summed E-state index contributed by atoms with van der Waals surface area (Å²) in [5.41, 5.74) is 1.10. The summed E-state index contributed by atoms with van der Waals surface area (Å²) in [5, 5.41) is 6.71. The number of methoxy groups -OCH3 is 1. The van der Waals surface area contributed by atoms with Gasteiger partial charge in [-0.15, -0.1) is 35.3 Å². The van der Waals surface area contributed by atoms with Gasteiger partial charge in [0.1, 0.15) is 5.75 Å². The van der Waals surface area contributed by atoms with Gasteiger partial charge in [0.2, 0.25) is 0 Å². The third-order valence-corrected chi connectivity index (χ3v) is 4.87. The first-order valence-electron chi connectivity index (χ1n) is 8.84. The molecule has 150 valence electrons. The minimum Gasteiger partial charge on any atom is -0.497 e. The monoisotopic (exact) mass is 503 g/mol. The van der Waals surface area contributed by atoms with Gasteiger partial charge < -0.3 is 20.1 Å². The molecule has 0 aliphatic carbocycles. The molecule has 2 N–H and O–H groups in total. The van der Waals surface area contributed by atoms with Crippen LogP contribution in [0.15, 0.2) is 41.4 Å². The van der Waals surface area contributed by atoms with E-state index in [1.165, 1.54) is 9.75 Å². The Bertz CT molecular complexity index is 706. The number of aryl methyl sites for hydroxylation is 1. The second-order valence-electron chi connectivity index (χ2n) is 6.16. The van der Waals surface area contributed by atoms with Crippen molar-refractivity contribution in [2.75, 3.05) is 27.3 Å². The summed E-state index contributed by atoms with van der Waals surface area (Å²) in [4.78, 5) is 7.02. The molecule has 0 radical (unpaired) electrons. The molecule has 1 unspecified atom stereocenters. The molecule has 0 saturated heterocycles. The summed E-state index contributed by atoms with van der Waals surface area (Å²) in [7, 11) is 3.46. The van der Waals surface area contributed by atoms with Gasteiger partial charge >= 0.3 is 0 Å². The van der Waals surface area contributed by atoms with Crippen LogP contribution in [0.2, 0.25) is 0 Å². The third-order valence-electron chi connectivity index (χ3n) is 3.85. The lowest BCUT2D eigenvalue weighted by atomic mass is 10.2. The summed E-state index contributed by atoms with van der Waals surface area (Å²) in [6.07, 6.45) is 0.992. The minimum absolute atomic E-state index is 0. The zero-order chi connectivity index (χ0) is 18.8. The predicted molar refractivity (Wildman–Crippen MR) is 125 cm³/mol. The van der Waals surface area contributed by atoms with Crippen LogP contribution in [0.4, 0.5) is 0 Å². The summed E-state index contributed by atoms with van der Waals surface area (Å²) >= 11 is 1.85. The first-order valence-corrected chi connectivity index (χ1v) is 9.65. The maximum absolute atomic E-state index is 5.72. The van der Waals surface area contributed by atoms with Crippen LogP contribution in [0.3, 0.4) is 0 Å². The van der Waals surface area contributed by atoms with Gasteiger partial charge in [-0.05, 0) is 43.7 Å². The fraction of sp³-hybridized carbons (Fsp3) is 0.450. The largest absolute Gasteiger partial charge is 0.497 e. The number of rotatable bonds is 9. The Morgan fingerprint density at radius 3 is 2.74 bits per heavy atom. The average molecular weight is 503 g/mol. The first-order chi connectivity index (χ1) is 12.6. The van der Waals surface area contributed by atoms with Crippen LogP contribution in [0.1, 0.15) is 22.2 Å². The number of hydrogen-bond donors (Lipinski definition) is 2. The highest BCUT2D eigenvalue weighted by Gasteiger charge is 2.07. The molecule has 1 aromatic carbocycles. The Morgan fingerprint density at radius 1 is 1.26 bits per heavy atom. The molecule has 1 heterocycles. The topological polar surface area (TPSA) is 54.9 Å². The second-order valence-corrected chi connectivity index (χ2v) is 7.54. The highest BCUT2D eigenvalue weighted by Crippen LogP contribution is 2.16. The number of guanidine groups is 1. The maximum Gasteiger partial charge on any atom is 0.191 e. The molecule has 2 rings (SSSR count). The number of halogens is 1. The molecule has 0 spiro atoms.